The fourth-order valence-corrected chi connectivity index (χ4v) is 11.6. The van der Waals surface area contributed by atoms with Crippen LogP contribution in [0.15, 0.2) is 168 Å². The topological polar surface area (TPSA) is 39.8 Å². The maximum Gasteiger partial charge on any atom is 0.333 e. The number of nitrogens with zero attached hydrogens (tertiary/aromatic N) is 2. The Morgan fingerprint density at radius 2 is 1.25 bits per heavy atom. The zero-order valence-electron chi connectivity index (χ0n) is 33.3. The van der Waals surface area contributed by atoms with Gasteiger partial charge in [0, 0.05) is 49.8 Å². The lowest BCUT2D eigenvalue weighted by Crippen LogP contribution is -2.60. The normalized spacial score (nSPS) is 14.7. The first-order valence-corrected chi connectivity index (χ1v) is 21.1. The number of aromatic nitrogens is 1. The lowest BCUT2D eigenvalue weighted by molar-refractivity contribution is 0.360. The van der Waals surface area contributed by atoms with Crippen LogP contribution in [0.3, 0.4) is 0 Å². The average molecular weight is 781 g/mol. The fourth-order valence-electron chi connectivity index (χ4n) is 11.6. The van der Waals surface area contributed by atoms with Crippen LogP contribution in [0.5, 0.6) is 23.0 Å². The Labute approximate surface area is 350 Å². The van der Waals surface area contributed by atoms with Gasteiger partial charge in [-0.05, 0) is 86.4 Å². The van der Waals surface area contributed by atoms with Crippen LogP contribution in [0, 0.1) is 0 Å². The third-order valence-corrected chi connectivity index (χ3v) is 14.2. The molecule has 0 unspecified atom stereocenters. The van der Waals surface area contributed by atoms with Crippen LogP contribution in [-0.4, -0.2) is 11.4 Å². The van der Waals surface area contributed by atoms with Crippen molar-refractivity contribution in [2.24, 2.45) is 0 Å². The predicted molar refractivity (Wildman–Crippen MR) is 249 cm³/mol. The van der Waals surface area contributed by atoms with Crippen molar-refractivity contribution in [1.29, 1.82) is 0 Å². The minimum atomic E-state index is -0.247. The largest absolute Gasteiger partial charge is 0.454 e. The molecule has 0 atom stereocenters. The number of anilines is 2. The van der Waals surface area contributed by atoms with E-state index < -0.39 is 0 Å². The molecule has 0 saturated heterocycles. The lowest BCUT2D eigenvalue weighted by Gasteiger charge is -2.43. The maximum absolute atomic E-state index is 6.92. The maximum atomic E-state index is 6.92. The summed E-state index contributed by atoms with van der Waals surface area (Å²) < 4.78 is 23.0. The minimum Gasteiger partial charge on any atom is -0.454 e. The molecule has 3 aliphatic heterocycles. The Kier molecular flexibility index (Phi) is 5.76. The van der Waals surface area contributed by atoms with Gasteiger partial charge < -0.3 is 23.3 Å². The van der Waals surface area contributed by atoms with Crippen molar-refractivity contribution in [3.8, 4) is 50.9 Å². The highest BCUT2D eigenvalue weighted by Gasteiger charge is 2.49. The molecule has 15 rings (SSSR count). The van der Waals surface area contributed by atoms with Crippen LogP contribution >= 0.6 is 0 Å². The molecule has 0 saturated carbocycles. The van der Waals surface area contributed by atoms with E-state index in [-0.39, 0.29) is 12.3 Å². The van der Waals surface area contributed by atoms with E-state index in [1.54, 1.807) is 0 Å². The number of furan rings is 1. The van der Waals surface area contributed by atoms with Crippen molar-refractivity contribution in [3.05, 3.63) is 175 Å². The quantitative estimate of drug-likeness (QED) is 0.156. The minimum absolute atomic E-state index is 0.223. The first-order chi connectivity index (χ1) is 30.0. The van der Waals surface area contributed by atoms with Crippen molar-refractivity contribution < 1.29 is 13.9 Å². The second-order valence-corrected chi connectivity index (χ2v) is 17.5. The molecule has 0 amide bonds. The molecular weight excluding hydrogens is 747 g/mol. The van der Waals surface area contributed by atoms with Gasteiger partial charge in [-0.15, -0.1) is 0 Å². The van der Waals surface area contributed by atoms with Crippen LogP contribution in [0.4, 0.5) is 11.4 Å². The summed E-state index contributed by atoms with van der Waals surface area (Å²) in [5, 5.41) is 7.23. The van der Waals surface area contributed by atoms with Crippen molar-refractivity contribution in [2.75, 3.05) is 4.81 Å². The Balaban J connectivity index is 1.16. The van der Waals surface area contributed by atoms with E-state index in [2.05, 4.69) is 163 Å². The van der Waals surface area contributed by atoms with Crippen molar-refractivity contribution >= 4 is 83.7 Å². The second kappa shape index (κ2) is 10.9. The van der Waals surface area contributed by atoms with Gasteiger partial charge in [-0.2, -0.15) is 0 Å². The number of hydrogen-bond donors (Lipinski definition) is 0. The predicted octanol–water partition coefficient (Wildman–Crippen LogP) is 13.3. The molecule has 0 spiro atoms. The summed E-state index contributed by atoms with van der Waals surface area (Å²) in [7, 11) is 0. The fraction of sp³-hybridized carbons (Fsp3) is 0.0545. The first kappa shape index (κ1) is 32.2. The smallest absolute Gasteiger partial charge is 0.333 e. The summed E-state index contributed by atoms with van der Waals surface area (Å²) in [6.07, 6.45) is 0. The van der Waals surface area contributed by atoms with Gasteiger partial charge in [0.25, 0.3) is 0 Å². The van der Waals surface area contributed by atoms with E-state index in [4.69, 9.17) is 13.9 Å². The Bertz CT molecular complexity index is 3840. The number of benzene rings is 9. The van der Waals surface area contributed by atoms with Gasteiger partial charge >= 0.3 is 6.85 Å². The molecule has 9 aromatic carbocycles. The summed E-state index contributed by atoms with van der Waals surface area (Å²) in [5.74, 6) is 2.80. The van der Waals surface area contributed by atoms with Crippen LogP contribution < -0.4 is 25.2 Å². The third kappa shape index (κ3) is 3.85. The highest BCUT2D eigenvalue weighted by Crippen LogP contribution is 2.58. The molecule has 0 bridgehead atoms. The van der Waals surface area contributed by atoms with Gasteiger partial charge in [-0.1, -0.05) is 129 Å². The monoisotopic (exact) mass is 780 g/mol. The van der Waals surface area contributed by atoms with E-state index in [1.807, 2.05) is 24.3 Å². The second-order valence-electron chi connectivity index (χ2n) is 17.5. The molecular formula is C55H33BN2O3. The summed E-state index contributed by atoms with van der Waals surface area (Å²) in [6, 6.07) is 59.3. The number of ether oxygens (including phenoxy) is 2. The van der Waals surface area contributed by atoms with Gasteiger partial charge in [-0.3, -0.25) is 0 Å². The number of hydrogen-bond acceptors (Lipinski definition) is 4. The molecule has 0 radical (unpaired) electrons. The van der Waals surface area contributed by atoms with Crippen LogP contribution in [0.1, 0.15) is 25.0 Å². The number of rotatable bonds is 1. The Hall–Kier alpha value is -7.70. The zero-order chi connectivity index (χ0) is 39.9. The molecule has 5 heterocycles. The summed E-state index contributed by atoms with van der Waals surface area (Å²) >= 11 is 0. The summed E-state index contributed by atoms with van der Waals surface area (Å²) in [6.45, 7) is 4.56. The van der Waals surface area contributed by atoms with E-state index in [9.17, 15) is 0 Å². The van der Waals surface area contributed by atoms with E-state index in [1.165, 1.54) is 77.0 Å². The molecule has 5 nitrogen and oxygen atoms in total. The van der Waals surface area contributed by atoms with E-state index in [0.717, 1.165) is 38.9 Å². The summed E-state index contributed by atoms with van der Waals surface area (Å²) in [5.41, 5.74) is 17.3. The van der Waals surface area contributed by atoms with Crippen molar-refractivity contribution in [2.45, 2.75) is 19.3 Å². The van der Waals surface area contributed by atoms with Gasteiger partial charge in [0.05, 0.1) is 22.4 Å². The van der Waals surface area contributed by atoms with Crippen LogP contribution in [0.2, 0.25) is 0 Å². The van der Waals surface area contributed by atoms with E-state index >= 15 is 0 Å². The molecule has 0 N–H and O–H groups in total. The SMILES string of the molecule is CC1(C)c2ccccc2-c2c1cc1c3c2-n2c4ccc5ccccc5c4c4cccc(c42)B3N(c2cccc3c2oc2ccccc23)c2cc3c(cc2-1)Oc1ccccc1O3. The molecule has 0 fully saturated rings. The molecule has 6 heteroatoms. The molecule has 4 aliphatic rings. The van der Waals surface area contributed by atoms with Gasteiger partial charge in [0.2, 0.25) is 0 Å². The average Bonchev–Trinajstić information content (AvgIpc) is 3.93. The van der Waals surface area contributed by atoms with Gasteiger partial charge in [-0.25, -0.2) is 0 Å². The van der Waals surface area contributed by atoms with Crippen molar-refractivity contribution in [3.63, 3.8) is 0 Å². The molecule has 61 heavy (non-hydrogen) atoms. The molecule has 284 valence electrons. The first-order valence-electron chi connectivity index (χ1n) is 21.1. The van der Waals surface area contributed by atoms with Crippen LogP contribution in [0.25, 0.3) is 82.5 Å². The Morgan fingerprint density at radius 3 is 2.13 bits per heavy atom. The Morgan fingerprint density at radius 1 is 0.525 bits per heavy atom. The highest BCUT2D eigenvalue weighted by molar-refractivity contribution is 6.94. The molecule has 2 aromatic heterocycles. The van der Waals surface area contributed by atoms with E-state index in [0.29, 0.717) is 23.0 Å². The van der Waals surface area contributed by atoms with Crippen LogP contribution in [-0.2, 0) is 5.41 Å². The molecule has 11 aromatic rings. The van der Waals surface area contributed by atoms with Crippen molar-refractivity contribution in [1.82, 2.24) is 4.57 Å². The third-order valence-electron chi connectivity index (χ3n) is 14.2. The number of para-hydroxylation sites is 5. The summed E-state index contributed by atoms with van der Waals surface area (Å²) in [4.78, 5) is 2.54. The standard InChI is InChI=1S/C55H33BN2O3/c1-55(2)38-19-7-5-16-34(38)50-39(55)27-37-36-28-47-48(60-46-24-10-9-23-45(46)59-47)29-43(36)58(42-21-12-17-33-32-15-6-8-22-44(32)61-54(33)42)56-40-20-11-18-35-49-31-14-4-3-13-30(31)25-26-41(49)57(52(35)40)53(50)51(37)56/h3-29H,1-2H3. The molecule has 1 aliphatic carbocycles. The van der Waals surface area contributed by atoms with Gasteiger partial charge in [0.1, 0.15) is 5.58 Å². The number of fused-ring (bicyclic) bond motifs is 18. The highest BCUT2D eigenvalue weighted by atomic mass is 16.6. The lowest BCUT2D eigenvalue weighted by atomic mass is 9.43. The van der Waals surface area contributed by atoms with Gasteiger partial charge in [0.15, 0.2) is 28.6 Å². The zero-order valence-corrected chi connectivity index (χ0v) is 33.3.